The molecule has 0 atom stereocenters. The van der Waals surface area contributed by atoms with Crippen LogP contribution in [0.1, 0.15) is 5.56 Å². The van der Waals surface area contributed by atoms with Crippen LogP contribution in [-0.2, 0) is 4.74 Å². The minimum absolute atomic E-state index is 0.441. The Morgan fingerprint density at radius 1 is 1.32 bits per heavy atom. The van der Waals surface area contributed by atoms with E-state index in [1.165, 1.54) is 18.3 Å². The molecule has 0 saturated carbocycles. The van der Waals surface area contributed by atoms with Gasteiger partial charge in [-0.05, 0) is 17.7 Å². The van der Waals surface area contributed by atoms with Crippen molar-refractivity contribution in [1.82, 2.24) is 10.0 Å². The largest absolute Gasteiger partial charge is 0.481 e. The molecule has 0 radical (unpaired) electrons. The van der Waals surface area contributed by atoms with E-state index in [1.54, 1.807) is 25.3 Å². The fourth-order valence-electron chi connectivity index (χ4n) is 1.80. The first-order valence-corrected chi connectivity index (χ1v) is 5.62. The van der Waals surface area contributed by atoms with Crippen LogP contribution in [0.25, 0.3) is 5.57 Å². The van der Waals surface area contributed by atoms with E-state index in [9.17, 15) is 4.79 Å². The summed E-state index contributed by atoms with van der Waals surface area (Å²) in [5.74, 6) is 0.441. The first-order chi connectivity index (χ1) is 9.02. The second kappa shape index (κ2) is 4.93. The maximum absolute atomic E-state index is 11.2. The average molecular weight is 261 g/mol. The molecule has 3 N–H and O–H groups in total. The number of amides is 1. The summed E-state index contributed by atoms with van der Waals surface area (Å²) in [6.07, 6.45) is 2.21. The van der Waals surface area contributed by atoms with Gasteiger partial charge in [0.1, 0.15) is 0 Å². The van der Waals surface area contributed by atoms with Gasteiger partial charge in [-0.25, -0.2) is 9.80 Å². The number of anilines is 1. The molecule has 1 aliphatic heterocycles. The van der Waals surface area contributed by atoms with Crippen LogP contribution in [0, 0.1) is 0 Å². The number of carboxylic acid groups (broad SMARTS) is 1. The number of nitrogen functional groups attached to an aromatic ring is 1. The van der Waals surface area contributed by atoms with Gasteiger partial charge < -0.3 is 15.6 Å². The van der Waals surface area contributed by atoms with Crippen molar-refractivity contribution in [3.05, 3.63) is 48.0 Å². The summed E-state index contributed by atoms with van der Waals surface area (Å²) >= 11 is 0. The van der Waals surface area contributed by atoms with Crippen molar-refractivity contribution in [1.29, 1.82) is 0 Å². The number of carbonyl (C=O) groups is 1. The van der Waals surface area contributed by atoms with Gasteiger partial charge in [-0.3, -0.25) is 0 Å². The number of nitrogens with zero attached hydrogens (tertiary/aromatic N) is 2. The first-order valence-electron chi connectivity index (χ1n) is 5.62. The number of ether oxygens (including phenoxy) is 1. The van der Waals surface area contributed by atoms with Gasteiger partial charge in [-0.1, -0.05) is 12.1 Å². The lowest BCUT2D eigenvalue weighted by molar-refractivity contribution is 0.0237. The molecule has 6 nitrogen and oxygen atoms in total. The highest BCUT2D eigenvalue weighted by Gasteiger charge is 2.23. The molecule has 0 bridgehead atoms. The molecule has 0 fully saturated rings. The lowest BCUT2D eigenvalue weighted by atomic mass is 10.1. The zero-order valence-electron chi connectivity index (χ0n) is 10.7. The fourth-order valence-corrected chi connectivity index (χ4v) is 1.80. The predicted molar refractivity (Wildman–Crippen MR) is 71.6 cm³/mol. The van der Waals surface area contributed by atoms with Gasteiger partial charge >= 0.3 is 6.09 Å². The van der Waals surface area contributed by atoms with E-state index in [0.29, 0.717) is 11.6 Å². The number of methoxy groups -OCH3 is 1. The third-order valence-electron chi connectivity index (χ3n) is 2.83. The highest BCUT2D eigenvalue weighted by atomic mass is 16.5. The molecular weight excluding hydrogens is 246 g/mol. The number of nitrogens with two attached hydrogens (primary N) is 1. The maximum Gasteiger partial charge on any atom is 0.430 e. The molecule has 2 rings (SSSR count). The Kier molecular flexibility index (Phi) is 3.33. The molecule has 19 heavy (non-hydrogen) atoms. The van der Waals surface area contributed by atoms with E-state index >= 15 is 0 Å². The Morgan fingerprint density at radius 3 is 2.47 bits per heavy atom. The summed E-state index contributed by atoms with van der Waals surface area (Å²) in [5, 5.41) is 11.6. The van der Waals surface area contributed by atoms with E-state index in [1.807, 2.05) is 12.1 Å². The number of rotatable bonds is 2. The van der Waals surface area contributed by atoms with Gasteiger partial charge in [-0.2, -0.15) is 5.01 Å². The fraction of sp³-hybridized carbons (Fsp3) is 0.154. The van der Waals surface area contributed by atoms with Crippen LogP contribution in [-0.4, -0.2) is 35.4 Å². The Hall–Kier alpha value is -2.63. The highest BCUT2D eigenvalue weighted by Crippen LogP contribution is 2.26. The van der Waals surface area contributed by atoms with Crippen molar-refractivity contribution in [3.63, 3.8) is 0 Å². The first kappa shape index (κ1) is 12.8. The van der Waals surface area contributed by atoms with E-state index in [-0.39, 0.29) is 0 Å². The average Bonchev–Trinajstić information content (AvgIpc) is 2.39. The SMILES string of the molecule is COC1=CC(c2ccc(N)cc2)=CN(C(=O)O)N1C. The molecule has 0 spiro atoms. The molecular formula is C13H15N3O3. The number of hydrazine groups is 1. The quantitative estimate of drug-likeness (QED) is 0.795. The summed E-state index contributed by atoms with van der Waals surface area (Å²) in [6.45, 7) is 0. The zero-order valence-corrected chi connectivity index (χ0v) is 10.7. The van der Waals surface area contributed by atoms with E-state index in [4.69, 9.17) is 15.6 Å². The van der Waals surface area contributed by atoms with Crippen LogP contribution in [0.4, 0.5) is 10.5 Å². The summed E-state index contributed by atoms with van der Waals surface area (Å²) in [7, 11) is 3.11. The molecule has 1 heterocycles. The lowest BCUT2D eigenvalue weighted by Crippen LogP contribution is -2.41. The highest BCUT2D eigenvalue weighted by molar-refractivity contribution is 5.79. The van der Waals surface area contributed by atoms with Crippen molar-refractivity contribution >= 4 is 17.4 Å². The zero-order chi connectivity index (χ0) is 14.0. The molecule has 6 heteroatoms. The van der Waals surface area contributed by atoms with Crippen molar-refractivity contribution in [3.8, 4) is 0 Å². The predicted octanol–water partition coefficient (Wildman–Crippen LogP) is 1.94. The van der Waals surface area contributed by atoms with E-state index < -0.39 is 6.09 Å². The standard InChI is InChI=1S/C13H15N3O3/c1-15-12(19-2)7-10(8-16(15)13(17)18)9-3-5-11(14)6-4-9/h3-8H,14H2,1-2H3,(H,17,18). The number of hydrogen-bond donors (Lipinski definition) is 2. The third kappa shape index (κ3) is 2.47. The molecule has 1 aromatic carbocycles. The Labute approximate surface area is 110 Å². The van der Waals surface area contributed by atoms with Gasteiger partial charge in [0.05, 0.1) is 7.11 Å². The lowest BCUT2D eigenvalue weighted by Gasteiger charge is -2.32. The number of hydrogen-bond acceptors (Lipinski definition) is 4. The van der Waals surface area contributed by atoms with Crippen LogP contribution in [0.3, 0.4) is 0 Å². The molecule has 1 amide bonds. The van der Waals surface area contributed by atoms with Crippen molar-refractivity contribution in [2.45, 2.75) is 0 Å². The van der Waals surface area contributed by atoms with Crippen molar-refractivity contribution in [2.75, 3.05) is 19.9 Å². The van der Waals surface area contributed by atoms with Crippen molar-refractivity contribution < 1.29 is 14.6 Å². The number of allylic oxidation sites excluding steroid dienone is 2. The van der Waals surface area contributed by atoms with Crippen LogP contribution in [0.15, 0.2) is 42.4 Å². The Bertz CT molecular complexity index is 549. The third-order valence-corrected chi connectivity index (χ3v) is 2.83. The minimum Gasteiger partial charge on any atom is -0.481 e. The van der Waals surface area contributed by atoms with Gasteiger partial charge in [0.25, 0.3) is 0 Å². The second-order valence-corrected chi connectivity index (χ2v) is 4.04. The normalized spacial score (nSPS) is 14.8. The minimum atomic E-state index is -1.09. The van der Waals surface area contributed by atoms with Crippen LogP contribution < -0.4 is 5.73 Å². The molecule has 0 saturated heterocycles. The molecule has 0 unspecified atom stereocenters. The van der Waals surface area contributed by atoms with Crippen LogP contribution >= 0.6 is 0 Å². The molecule has 0 aliphatic carbocycles. The van der Waals surface area contributed by atoms with Crippen molar-refractivity contribution in [2.24, 2.45) is 0 Å². The van der Waals surface area contributed by atoms with Gasteiger partial charge in [0, 0.05) is 30.6 Å². The van der Waals surface area contributed by atoms with Crippen LogP contribution in [0.2, 0.25) is 0 Å². The summed E-state index contributed by atoms with van der Waals surface area (Å²) < 4.78 is 5.18. The molecule has 0 aromatic heterocycles. The Morgan fingerprint density at radius 2 is 1.95 bits per heavy atom. The maximum atomic E-state index is 11.2. The molecule has 1 aliphatic rings. The topological polar surface area (TPSA) is 79.0 Å². The summed E-state index contributed by atoms with van der Waals surface area (Å²) in [5.41, 5.74) is 7.89. The van der Waals surface area contributed by atoms with E-state index in [0.717, 1.165) is 16.1 Å². The van der Waals surface area contributed by atoms with Gasteiger partial charge in [-0.15, -0.1) is 0 Å². The smallest absolute Gasteiger partial charge is 0.430 e. The monoisotopic (exact) mass is 261 g/mol. The summed E-state index contributed by atoms with van der Waals surface area (Å²) in [4.78, 5) is 11.2. The van der Waals surface area contributed by atoms with Gasteiger partial charge in [0.15, 0.2) is 0 Å². The van der Waals surface area contributed by atoms with E-state index in [2.05, 4.69) is 0 Å². The molecule has 1 aromatic rings. The van der Waals surface area contributed by atoms with Gasteiger partial charge in [0.2, 0.25) is 5.88 Å². The summed E-state index contributed by atoms with van der Waals surface area (Å²) in [6, 6.07) is 7.19. The Balaban J connectivity index is 2.43. The molecule has 100 valence electrons. The second-order valence-electron chi connectivity index (χ2n) is 4.04. The number of benzene rings is 1. The van der Waals surface area contributed by atoms with Crippen LogP contribution in [0.5, 0.6) is 0 Å².